The van der Waals surface area contributed by atoms with Gasteiger partial charge in [-0.15, -0.1) is 0 Å². The molecule has 0 amide bonds. The first-order valence-corrected chi connectivity index (χ1v) is 7.38. The van der Waals surface area contributed by atoms with E-state index in [-0.39, 0.29) is 35.7 Å². The number of hydrogen-bond acceptors (Lipinski definition) is 7. The van der Waals surface area contributed by atoms with Gasteiger partial charge in [0.25, 0.3) is 0 Å². The van der Waals surface area contributed by atoms with Crippen LogP contribution >= 0.6 is 0 Å². The maximum atomic E-state index is 12.1. The lowest BCUT2D eigenvalue weighted by Gasteiger charge is -2.15. The Morgan fingerprint density at radius 3 is 2.46 bits per heavy atom. The molecule has 0 radical (unpaired) electrons. The lowest BCUT2D eigenvalue weighted by molar-refractivity contribution is -0.159. The molecule has 1 atom stereocenters. The van der Waals surface area contributed by atoms with Crippen LogP contribution in [-0.4, -0.2) is 35.7 Å². The van der Waals surface area contributed by atoms with E-state index in [2.05, 4.69) is 6.58 Å². The van der Waals surface area contributed by atoms with E-state index in [9.17, 15) is 19.5 Å². The Balaban J connectivity index is 2.91. The molecule has 1 rings (SSSR count). The van der Waals surface area contributed by atoms with E-state index in [1.165, 1.54) is 25.1 Å². The van der Waals surface area contributed by atoms with Crippen LogP contribution in [0.25, 0.3) is 0 Å². The number of esters is 3. The van der Waals surface area contributed by atoms with E-state index >= 15 is 0 Å². The summed E-state index contributed by atoms with van der Waals surface area (Å²) in [4.78, 5) is 35.3. The average molecular weight is 336 g/mol. The van der Waals surface area contributed by atoms with Gasteiger partial charge in [-0.3, -0.25) is 0 Å². The molecule has 0 fully saturated rings. The zero-order valence-electron chi connectivity index (χ0n) is 13.8. The van der Waals surface area contributed by atoms with Gasteiger partial charge in [0.2, 0.25) is 0 Å². The molecule has 0 aromatic heterocycles. The summed E-state index contributed by atoms with van der Waals surface area (Å²) in [6.45, 7) is 8.35. The standard InChI is InChI=1S/C17H20O7/c1-5-13(23-15(19)10(3)4)17(21)24-14-9-11(7-8-12(14)18)16(20)22-6-2/h7-9,13,18H,3,5-6H2,1-2,4H3. The highest BCUT2D eigenvalue weighted by molar-refractivity contribution is 5.91. The van der Waals surface area contributed by atoms with Gasteiger partial charge in [-0.1, -0.05) is 13.5 Å². The average Bonchev–Trinajstić information content (AvgIpc) is 2.54. The highest BCUT2D eigenvalue weighted by atomic mass is 16.6. The van der Waals surface area contributed by atoms with Crippen molar-refractivity contribution in [1.29, 1.82) is 0 Å². The minimum Gasteiger partial charge on any atom is -0.504 e. The van der Waals surface area contributed by atoms with Gasteiger partial charge in [-0.05, 0) is 38.5 Å². The number of carbonyl (C=O) groups is 3. The highest BCUT2D eigenvalue weighted by Crippen LogP contribution is 2.28. The summed E-state index contributed by atoms with van der Waals surface area (Å²) in [7, 11) is 0. The van der Waals surface area contributed by atoms with Crippen molar-refractivity contribution in [2.45, 2.75) is 33.3 Å². The third-order valence-corrected chi connectivity index (χ3v) is 2.91. The molecule has 1 N–H and O–H groups in total. The second-order valence-corrected chi connectivity index (χ2v) is 4.91. The molecule has 0 aliphatic carbocycles. The number of ether oxygens (including phenoxy) is 3. The molecule has 0 aliphatic heterocycles. The first-order chi connectivity index (χ1) is 11.3. The van der Waals surface area contributed by atoms with E-state index in [1.54, 1.807) is 13.8 Å². The molecule has 0 bridgehead atoms. The molecule has 7 heteroatoms. The first-order valence-electron chi connectivity index (χ1n) is 7.38. The quantitative estimate of drug-likeness (QED) is 0.463. The maximum Gasteiger partial charge on any atom is 0.352 e. The maximum absolute atomic E-state index is 12.1. The second-order valence-electron chi connectivity index (χ2n) is 4.91. The lowest BCUT2D eigenvalue weighted by Crippen LogP contribution is -2.30. The Morgan fingerprint density at radius 2 is 1.92 bits per heavy atom. The van der Waals surface area contributed by atoms with E-state index in [4.69, 9.17) is 14.2 Å². The van der Waals surface area contributed by atoms with Gasteiger partial charge in [0, 0.05) is 5.57 Å². The zero-order chi connectivity index (χ0) is 18.3. The number of carbonyl (C=O) groups excluding carboxylic acids is 3. The molecule has 1 unspecified atom stereocenters. The van der Waals surface area contributed by atoms with Crippen LogP contribution in [0.15, 0.2) is 30.4 Å². The van der Waals surface area contributed by atoms with Crippen molar-refractivity contribution in [2.24, 2.45) is 0 Å². The summed E-state index contributed by atoms with van der Waals surface area (Å²) in [6, 6.07) is 3.72. The smallest absolute Gasteiger partial charge is 0.352 e. The van der Waals surface area contributed by atoms with Gasteiger partial charge in [0.05, 0.1) is 12.2 Å². The molecule has 0 heterocycles. The highest BCUT2D eigenvalue weighted by Gasteiger charge is 2.25. The van der Waals surface area contributed by atoms with Crippen molar-refractivity contribution in [1.82, 2.24) is 0 Å². The fourth-order valence-electron chi connectivity index (χ4n) is 1.64. The van der Waals surface area contributed by atoms with Crippen LogP contribution in [0.2, 0.25) is 0 Å². The molecule has 1 aromatic carbocycles. The molecular weight excluding hydrogens is 316 g/mol. The third kappa shape index (κ3) is 5.12. The predicted octanol–water partition coefficient (Wildman–Crippen LogP) is 2.37. The Bertz CT molecular complexity index is 648. The fourth-order valence-corrected chi connectivity index (χ4v) is 1.64. The molecule has 24 heavy (non-hydrogen) atoms. The van der Waals surface area contributed by atoms with Crippen molar-refractivity contribution in [3.05, 3.63) is 35.9 Å². The van der Waals surface area contributed by atoms with Crippen LogP contribution < -0.4 is 4.74 Å². The summed E-state index contributed by atoms with van der Waals surface area (Å²) < 4.78 is 14.8. The summed E-state index contributed by atoms with van der Waals surface area (Å²) in [5.41, 5.74) is 0.262. The number of rotatable bonds is 7. The topological polar surface area (TPSA) is 99.1 Å². The molecule has 130 valence electrons. The number of phenolic OH excluding ortho intramolecular Hbond substituents is 1. The number of phenols is 1. The van der Waals surface area contributed by atoms with Crippen molar-refractivity contribution in [3.63, 3.8) is 0 Å². The molecule has 0 spiro atoms. The Hall–Kier alpha value is -2.83. The van der Waals surface area contributed by atoms with Gasteiger partial charge in [0.1, 0.15) is 0 Å². The summed E-state index contributed by atoms with van der Waals surface area (Å²) >= 11 is 0. The van der Waals surface area contributed by atoms with Crippen molar-refractivity contribution < 1.29 is 33.7 Å². The lowest BCUT2D eigenvalue weighted by atomic mass is 10.2. The number of aromatic hydroxyl groups is 1. The van der Waals surface area contributed by atoms with Crippen LogP contribution in [0.4, 0.5) is 0 Å². The predicted molar refractivity (Wildman–Crippen MR) is 84.7 cm³/mol. The largest absolute Gasteiger partial charge is 0.504 e. The van der Waals surface area contributed by atoms with Gasteiger partial charge in [-0.25, -0.2) is 14.4 Å². The zero-order valence-corrected chi connectivity index (χ0v) is 13.8. The molecular formula is C17H20O7. The molecule has 0 saturated heterocycles. The van der Waals surface area contributed by atoms with Gasteiger partial charge in [-0.2, -0.15) is 0 Å². The van der Waals surface area contributed by atoms with Crippen molar-refractivity contribution in [3.8, 4) is 11.5 Å². The van der Waals surface area contributed by atoms with Crippen LogP contribution in [0.3, 0.4) is 0 Å². The summed E-state index contributed by atoms with van der Waals surface area (Å²) in [5.74, 6) is -2.77. The first kappa shape index (κ1) is 19.2. The summed E-state index contributed by atoms with van der Waals surface area (Å²) in [5, 5.41) is 9.77. The minimum absolute atomic E-state index is 0.115. The molecule has 7 nitrogen and oxygen atoms in total. The van der Waals surface area contributed by atoms with Crippen molar-refractivity contribution in [2.75, 3.05) is 6.61 Å². The van der Waals surface area contributed by atoms with Gasteiger partial charge in [0.15, 0.2) is 17.6 Å². The second kappa shape index (κ2) is 8.71. The Morgan fingerprint density at radius 1 is 1.25 bits per heavy atom. The van der Waals surface area contributed by atoms with Crippen molar-refractivity contribution >= 4 is 17.9 Å². The van der Waals surface area contributed by atoms with E-state index < -0.39 is 24.0 Å². The van der Waals surface area contributed by atoms with Crippen LogP contribution in [0.1, 0.15) is 37.6 Å². The SMILES string of the molecule is C=C(C)C(=O)OC(CC)C(=O)Oc1cc(C(=O)OCC)ccc1O. The molecule has 0 aliphatic rings. The minimum atomic E-state index is -1.15. The Labute approximate surface area is 139 Å². The third-order valence-electron chi connectivity index (χ3n) is 2.91. The Kier molecular flexibility index (Phi) is 6.98. The number of benzene rings is 1. The van der Waals surface area contributed by atoms with Crippen LogP contribution in [-0.2, 0) is 19.1 Å². The van der Waals surface area contributed by atoms with E-state index in [0.29, 0.717) is 0 Å². The van der Waals surface area contributed by atoms with Gasteiger partial charge >= 0.3 is 17.9 Å². The molecule has 0 saturated carbocycles. The normalized spacial score (nSPS) is 11.3. The summed E-state index contributed by atoms with van der Waals surface area (Å²) in [6.07, 6.45) is -0.976. The van der Waals surface area contributed by atoms with Crippen LogP contribution in [0, 0.1) is 0 Å². The van der Waals surface area contributed by atoms with E-state index in [1.807, 2.05) is 0 Å². The van der Waals surface area contributed by atoms with Crippen LogP contribution in [0.5, 0.6) is 11.5 Å². The fraction of sp³-hybridized carbons (Fsp3) is 0.353. The molecule has 1 aromatic rings. The van der Waals surface area contributed by atoms with Gasteiger partial charge < -0.3 is 19.3 Å². The number of hydrogen-bond donors (Lipinski definition) is 1. The monoisotopic (exact) mass is 336 g/mol. The van der Waals surface area contributed by atoms with E-state index in [0.717, 1.165) is 0 Å².